The van der Waals surface area contributed by atoms with E-state index in [9.17, 15) is 9.59 Å². The van der Waals surface area contributed by atoms with Gasteiger partial charge in [0.1, 0.15) is 11.0 Å². The van der Waals surface area contributed by atoms with Crippen molar-refractivity contribution >= 4 is 22.6 Å². The summed E-state index contributed by atoms with van der Waals surface area (Å²) in [7, 11) is 0. The molecule has 0 radical (unpaired) electrons. The van der Waals surface area contributed by atoms with Gasteiger partial charge in [-0.2, -0.15) is 4.98 Å². The van der Waals surface area contributed by atoms with Crippen molar-refractivity contribution in [1.29, 1.82) is 0 Å². The first-order valence-corrected chi connectivity index (χ1v) is 11.7. The highest BCUT2D eigenvalue weighted by Gasteiger charge is 2.24. The molecule has 0 atom stereocenters. The van der Waals surface area contributed by atoms with Crippen molar-refractivity contribution in [3.8, 4) is 0 Å². The average molecular weight is 471 g/mol. The molecule has 0 aromatic carbocycles. The fourth-order valence-electron chi connectivity index (χ4n) is 3.94. The van der Waals surface area contributed by atoms with E-state index < -0.39 is 0 Å². The lowest BCUT2D eigenvalue weighted by atomic mass is 10.2. The molecule has 0 unspecified atom stereocenters. The Morgan fingerprint density at radius 3 is 2.73 bits per heavy atom. The Morgan fingerprint density at radius 1 is 1.12 bits per heavy atom. The predicted octanol–water partition coefficient (Wildman–Crippen LogP) is 3.42. The van der Waals surface area contributed by atoms with Gasteiger partial charge in [0.2, 0.25) is 5.89 Å². The van der Waals surface area contributed by atoms with Crippen molar-refractivity contribution in [2.24, 2.45) is 4.99 Å². The molecule has 0 bridgehead atoms. The summed E-state index contributed by atoms with van der Waals surface area (Å²) in [5.41, 5.74) is 0.910. The smallest absolute Gasteiger partial charge is 0.332 e. The molecule has 0 fully saturated rings. The first-order chi connectivity index (χ1) is 16.1. The number of nitrogens with zero attached hydrogens (tertiary/aromatic N) is 6. The Kier molecular flexibility index (Phi) is 7.49. The van der Waals surface area contributed by atoms with Gasteiger partial charge >= 0.3 is 5.69 Å². The number of hydrogen-bond donors (Lipinski definition) is 0. The van der Waals surface area contributed by atoms with Gasteiger partial charge in [-0.05, 0) is 30.9 Å². The van der Waals surface area contributed by atoms with Crippen LogP contribution < -0.4 is 11.2 Å². The van der Waals surface area contributed by atoms with Crippen LogP contribution in [0.5, 0.6) is 0 Å². The van der Waals surface area contributed by atoms with Crippen LogP contribution >= 0.6 is 11.6 Å². The first-order valence-electron chi connectivity index (χ1n) is 11.4. The Balaban J connectivity index is 1.39. The summed E-state index contributed by atoms with van der Waals surface area (Å²) in [5, 5.41) is 4.37. The van der Waals surface area contributed by atoms with E-state index in [2.05, 4.69) is 27.0 Å². The van der Waals surface area contributed by atoms with Crippen LogP contribution in [0, 0.1) is 0 Å². The van der Waals surface area contributed by atoms with Crippen molar-refractivity contribution in [2.45, 2.75) is 71.4 Å². The zero-order chi connectivity index (χ0) is 23.2. The number of unbranched alkanes of at least 4 members (excludes halogenated alkanes) is 3. The third kappa shape index (κ3) is 5.47. The largest absolute Gasteiger partial charge is 0.339 e. The number of aliphatic imine (C=N–C) groups is 1. The maximum absolute atomic E-state index is 13.1. The second kappa shape index (κ2) is 10.7. The lowest BCUT2D eigenvalue weighted by Gasteiger charge is -2.14. The third-order valence-corrected chi connectivity index (χ3v) is 5.86. The quantitative estimate of drug-likeness (QED) is 0.397. The van der Waals surface area contributed by atoms with Crippen LogP contribution in [-0.2, 0) is 32.4 Å². The van der Waals surface area contributed by atoms with Gasteiger partial charge in [-0.3, -0.25) is 18.9 Å². The SMILES string of the molecule is CCCCCn1c2c(c(=O)n(CCCCc3nc(Cc4cccnc4)no3)c1=O)CC(Cl)=N2. The van der Waals surface area contributed by atoms with Crippen LogP contribution in [0.15, 0.2) is 43.6 Å². The molecule has 0 aliphatic carbocycles. The molecule has 0 N–H and O–H groups in total. The molecule has 9 nitrogen and oxygen atoms in total. The van der Waals surface area contributed by atoms with Gasteiger partial charge < -0.3 is 4.52 Å². The minimum absolute atomic E-state index is 0.283. The predicted molar refractivity (Wildman–Crippen MR) is 125 cm³/mol. The molecular formula is C23H27ClN6O3. The van der Waals surface area contributed by atoms with E-state index in [1.807, 2.05) is 12.1 Å². The second-order valence-electron chi connectivity index (χ2n) is 8.16. The Labute approximate surface area is 196 Å². The second-order valence-corrected chi connectivity index (χ2v) is 8.60. The molecule has 1 aliphatic rings. The lowest BCUT2D eigenvalue weighted by molar-refractivity contribution is 0.368. The normalized spacial score (nSPS) is 12.7. The van der Waals surface area contributed by atoms with Crippen molar-refractivity contribution in [1.82, 2.24) is 24.3 Å². The standard InChI is InChI=1S/C23H27ClN6O3/c1-2-3-5-11-29-21-17(14-18(24)26-21)22(31)30(23(29)32)12-6-4-9-20-27-19(28-33-20)13-16-8-7-10-25-15-16/h7-8,10,15H,2-6,9,11-14H2,1H3. The molecule has 0 saturated carbocycles. The molecule has 4 heterocycles. The summed E-state index contributed by atoms with van der Waals surface area (Å²) in [6.45, 7) is 2.96. The van der Waals surface area contributed by atoms with Crippen LogP contribution in [0.3, 0.4) is 0 Å². The topological polar surface area (TPSA) is 108 Å². The Hall–Kier alpha value is -3.07. The summed E-state index contributed by atoms with van der Waals surface area (Å²) in [4.78, 5) is 38.8. The van der Waals surface area contributed by atoms with Crippen LogP contribution in [-0.4, -0.2) is 29.4 Å². The molecule has 0 saturated heterocycles. The fourth-order valence-corrected chi connectivity index (χ4v) is 4.15. The van der Waals surface area contributed by atoms with Gasteiger partial charge in [0.05, 0.1) is 5.56 Å². The molecule has 3 aromatic rings. The lowest BCUT2D eigenvalue weighted by Crippen LogP contribution is -2.41. The van der Waals surface area contributed by atoms with E-state index in [0.29, 0.717) is 67.0 Å². The monoisotopic (exact) mass is 470 g/mol. The van der Waals surface area contributed by atoms with E-state index in [0.717, 1.165) is 24.8 Å². The number of aromatic nitrogens is 5. The first kappa shape index (κ1) is 23.1. The molecule has 0 spiro atoms. The number of rotatable bonds is 11. The highest BCUT2D eigenvalue weighted by Crippen LogP contribution is 2.24. The average Bonchev–Trinajstić information content (AvgIpc) is 3.42. The van der Waals surface area contributed by atoms with Crippen LogP contribution in [0.25, 0.3) is 0 Å². The van der Waals surface area contributed by atoms with E-state index in [4.69, 9.17) is 16.1 Å². The van der Waals surface area contributed by atoms with Gasteiger partial charge in [0.25, 0.3) is 5.56 Å². The molecule has 1 aliphatic heterocycles. The van der Waals surface area contributed by atoms with Gasteiger partial charge in [0.15, 0.2) is 5.82 Å². The Bertz CT molecular complexity index is 1250. The molecule has 4 rings (SSSR count). The van der Waals surface area contributed by atoms with Crippen molar-refractivity contribution in [3.63, 3.8) is 0 Å². The highest BCUT2D eigenvalue weighted by atomic mass is 35.5. The van der Waals surface area contributed by atoms with Gasteiger partial charge in [-0.25, -0.2) is 9.79 Å². The van der Waals surface area contributed by atoms with Crippen LogP contribution in [0.2, 0.25) is 0 Å². The van der Waals surface area contributed by atoms with Crippen molar-refractivity contribution in [3.05, 3.63) is 68.2 Å². The third-order valence-electron chi connectivity index (χ3n) is 5.64. The summed E-state index contributed by atoms with van der Waals surface area (Å²) < 4.78 is 8.26. The molecule has 3 aromatic heterocycles. The highest BCUT2D eigenvalue weighted by molar-refractivity contribution is 6.66. The number of halogens is 1. The van der Waals surface area contributed by atoms with Crippen molar-refractivity contribution < 1.29 is 4.52 Å². The number of fused-ring (bicyclic) bond motifs is 1. The van der Waals surface area contributed by atoms with E-state index in [1.165, 1.54) is 4.57 Å². The molecule has 10 heteroatoms. The van der Waals surface area contributed by atoms with Crippen LogP contribution in [0.1, 0.15) is 61.9 Å². The van der Waals surface area contributed by atoms with Gasteiger partial charge in [-0.1, -0.05) is 42.6 Å². The van der Waals surface area contributed by atoms with E-state index in [1.54, 1.807) is 17.0 Å². The Morgan fingerprint density at radius 2 is 1.94 bits per heavy atom. The summed E-state index contributed by atoms with van der Waals surface area (Å²) in [6.07, 6.45) is 9.17. The minimum Gasteiger partial charge on any atom is -0.339 e. The van der Waals surface area contributed by atoms with Crippen LogP contribution in [0.4, 0.5) is 5.82 Å². The fraction of sp³-hybridized carbons (Fsp3) is 0.478. The zero-order valence-electron chi connectivity index (χ0n) is 18.7. The minimum atomic E-state index is -0.318. The maximum atomic E-state index is 13.1. The van der Waals surface area contributed by atoms with Gasteiger partial charge in [-0.15, -0.1) is 0 Å². The zero-order valence-corrected chi connectivity index (χ0v) is 19.4. The van der Waals surface area contributed by atoms with E-state index in [-0.39, 0.29) is 17.7 Å². The number of pyridine rings is 1. The summed E-state index contributed by atoms with van der Waals surface area (Å²) in [5.74, 6) is 1.58. The molecular weight excluding hydrogens is 444 g/mol. The van der Waals surface area contributed by atoms with E-state index >= 15 is 0 Å². The number of hydrogen-bond acceptors (Lipinski definition) is 7. The molecule has 33 heavy (non-hydrogen) atoms. The maximum Gasteiger partial charge on any atom is 0.332 e. The number of aryl methyl sites for hydroxylation is 1. The summed E-state index contributed by atoms with van der Waals surface area (Å²) >= 11 is 6.09. The molecule has 174 valence electrons. The molecule has 0 amide bonds. The van der Waals surface area contributed by atoms with Crippen molar-refractivity contribution in [2.75, 3.05) is 0 Å². The van der Waals surface area contributed by atoms with Gasteiger partial charge in [0, 0.05) is 44.7 Å². The summed E-state index contributed by atoms with van der Waals surface area (Å²) in [6, 6.07) is 3.83.